The molecule has 0 radical (unpaired) electrons. The fraction of sp³-hybridized carbons (Fsp3) is 0.929. The zero-order valence-electron chi connectivity index (χ0n) is 11.5. The van der Waals surface area contributed by atoms with E-state index < -0.39 is 5.92 Å². The number of carbonyl (C=O) groups excluding carboxylic acids is 1. The number of carbonyl (C=O) groups is 1. The van der Waals surface area contributed by atoms with Crippen molar-refractivity contribution in [3.63, 3.8) is 0 Å². The second-order valence-corrected chi connectivity index (χ2v) is 5.89. The molecule has 110 valence electrons. The highest BCUT2D eigenvalue weighted by Gasteiger charge is 2.34. The van der Waals surface area contributed by atoms with Gasteiger partial charge in [0, 0.05) is 18.9 Å². The van der Waals surface area contributed by atoms with Crippen LogP contribution in [0.15, 0.2) is 0 Å². The normalized spacial score (nSPS) is 23.9. The van der Waals surface area contributed by atoms with Crippen molar-refractivity contribution in [3.05, 3.63) is 0 Å². The van der Waals surface area contributed by atoms with Gasteiger partial charge in [-0.1, -0.05) is 0 Å². The van der Waals surface area contributed by atoms with Gasteiger partial charge in [-0.3, -0.25) is 9.69 Å². The molecule has 2 aliphatic rings. The highest BCUT2D eigenvalue weighted by molar-refractivity contribution is 5.76. The van der Waals surface area contributed by atoms with E-state index in [4.69, 9.17) is 0 Å². The molecule has 1 saturated carbocycles. The van der Waals surface area contributed by atoms with E-state index in [1.54, 1.807) is 0 Å². The Kier molecular flexibility index (Phi) is 5.13. The van der Waals surface area contributed by atoms with E-state index in [2.05, 4.69) is 5.32 Å². The number of rotatable bonds is 6. The van der Waals surface area contributed by atoms with Gasteiger partial charge in [-0.05, 0) is 51.6 Å². The van der Waals surface area contributed by atoms with Crippen molar-refractivity contribution in [2.75, 3.05) is 19.6 Å². The van der Waals surface area contributed by atoms with Gasteiger partial charge in [0.05, 0.1) is 6.54 Å². The highest BCUT2D eigenvalue weighted by Crippen LogP contribution is 2.26. The van der Waals surface area contributed by atoms with Crippen LogP contribution in [0.1, 0.15) is 51.4 Å². The summed E-state index contributed by atoms with van der Waals surface area (Å²) in [6.07, 6.45) is 6.18. The molecule has 0 aromatic rings. The van der Waals surface area contributed by atoms with Crippen molar-refractivity contribution >= 4 is 5.91 Å². The Morgan fingerprint density at radius 2 is 2.05 bits per heavy atom. The number of amides is 1. The minimum Gasteiger partial charge on any atom is -0.353 e. The Hall–Kier alpha value is -0.710. The number of hydrogen-bond acceptors (Lipinski definition) is 2. The van der Waals surface area contributed by atoms with Crippen LogP contribution >= 0.6 is 0 Å². The first kappa shape index (κ1) is 14.7. The van der Waals surface area contributed by atoms with Crippen LogP contribution in [0.5, 0.6) is 0 Å². The number of likely N-dealkylation sites (tertiary alicyclic amines) is 1. The highest BCUT2D eigenvalue weighted by atomic mass is 19.3. The van der Waals surface area contributed by atoms with Crippen molar-refractivity contribution in [2.24, 2.45) is 0 Å². The van der Waals surface area contributed by atoms with Gasteiger partial charge >= 0.3 is 0 Å². The Morgan fingerprint density at radius 1 is 1.26 bits per heavy atom. The fourth-order valence-corrected chi connectivity index (χ4v) is 2.71. The van der Waals surface area contributed by atoms with Crippen LogP contribution in [0.4, 0.5) is 8.78 Å². The van der Waals surface area contributed by atoms with E-state index in [9.17, 15) is 13.6 Å². The molecule has 0 aromatic heterocycles. The summed E-state index contributed by atoms with van der Waals surface area (Å²) in [4.78, 5) is 13.4. The second-order valence-electron chi connectivity index (χ2n) is 5.89. The van der Waals surface area contributed by atoms with Crippen molar-refractivity contribution in [2.45, 2.75) is 63.3 Å². The average Bonchev–Trinajstić information content (AvgIpc) is 2.28. The Morgan fingerprint density at radius 3 is 2.68 bits per heavy atom. The van der Waals surface area contributed by atoms with Gasteiger partial charge < -0.3 is 5.32 Å². The number of nitrogens with one attached hydrogen (secondary N) is 1. The standard InChI is InChI=1S/C14H24F2N2O/c15-14(16)8-4-10-18(11-14)9-2-1-7-13(19)17-12-5-3-6-12/h12H,1-11H2,(H,17,19). The summed E-state index contributed by atoms with van der Waals surface area (Å²) in [6, 6.07) is 0.397. The Balaban J connectivity index is 1.52. The maximum atomic E-state index is 13.2. The topological polar surface area (TPSA) is 32.3 Å². The molecule has 0 bridgehead atoms. The molecule has 2 fully saturated rings. The lowest BCUT2D eigenvalue weighted by molar-refractivity contribution is -0.122. The van der Waals surface area contributed by atoms with Gasteiger partial charge in [0.25, 0.3) is 5.92 Å². The molecule has 0 spiro atoms. The average molecular weight is 274 g/mol. The molecule has 0 aromatic carbocycles. The molecule has 1 N–H and O–H groups in total. The van der Waals surface area contributed by atoms with Crippen LogP contribution < -0.4 is 5.32 Å². The number of halogens is 2. The third kappa shape index (κ3) is 5.05. The Bertz CT molecular complexity index is 306. The van der Waals surface area contributed by atoms with Crippen molar-refractivity contribution < 1.29 is 13.6 Å². The summed E-state index contributed by atoms with van der Waals surface area (Å²) in [6.45, 7) is 1.34. The van der Waals surface area contributed by atoms with Crippen molar-refractivity contribution in [1.82, 2.24) is 10.2 Å². The maximum absolute atomic E-state index is 13.2. The minimum atomic E-state index is -2.51. The lowest BCUT2D eigenvalue weighted by Crippen LogP contribution is -2.43. The quantitative estimate of drug-likeness (QED) is 0.755. The maximum Gasteiger partial charge on any atom is 0.260 e. The molecule has 1 saturated heterocycles. The number of alkyl halides is 2. The van der Waals surface area contributed by atoms with Crippen molar-refractivity contribution in [3.8, 4) is 0 Å². The first-order valence-electron chi connectivity index (χ1n) is 7.45. The van der Waals surface area contributed by atoms with E-state index in [0.717, 1.165) is 32.2 Å². The zero-order chi connectivity index (χ0) is 13.7. The van der Waals surface area contributed by atoms with Crippen LogP contribution in [0.3, 0.4) is 0 Å². The SMILES string of the molecule is O=C(CCCCN1CCCC(F)(F)C1)NC1CCC1. The van der Waals surface area contributed by atoms with Crippen LogP contribution in [0.25, 0.3) is 0 Å². The van der Waals surface area contributed by atoms with E-state index in [0.29, 0.717) is 25.4 Å². The first-order chi connectivity index (χ1) is 9.05. The third-order valence-corrected chi connectivity index (χ3v) is 4.07. The van der Waals surface area contributed by atoms with E-state index >= 15 is 0 Å². The molecule has 3 nitrogen and oxygen atoms in total. The smallest absolute Gasteiger partial charge is 0.260 e. The molecule has 0 unspecified atom stereocenters. The van der Waals surface area contributed by atoms with Gasteiger partial charge in [-0.2, -0.15) is 0 Å². The van der Waals surface area contributed by atoms with Gasteiger partial charge in [-0.25, -0.2) is 8.78 Å². The summed E-state index contributed by atoms with van der Waals surface area (Å²) >= 11 is 0. The molecule has 1 heterocycles. The monoisotopic (exact) mass is 274 g/mol. The molecule has 1 aliphatic carbocycles. The largest absolute Gasteiger partial charge is 0.353 e. The number of hydrogen-bond donors (Lipinski definition) is 1. The molecule has 1 amide bonds. The van der Waals surface area contributed by atoms with E-state index in [-0.39, 0.29) is 18.9 Å². The number of unbranched alkanes of at least 4 members (excludes halogenated alkanes) is 1. The zero-order valence-corrected chi connectivity index (χ0v) is 11.5. The molecule has 2 rings (SSSR count). The molecule has 19 heavy (non-hydrogen) atoms. The van der Waals surface area contributed by atoms with Gasteiger partial charge in [0.1, 0.15) is 0 Å². The third-order valence-electron chi connectivity index (χ3n) is 4.07. The fourth-order valence-electron chi connectivity index (χ4n) is 2.71. The van der Waals surface area contributed by atoms with E-state index in [1.165, 1.54) is 6.42 Å². The summed E-state index contributed by atoms with van der Waals surface area (Å²) in [5.41, 5.74) is 0. The molecular formula is C14H24F2N2O. The summed E-state index contributed by atoms with van der Waals surface area (Å²) in [5, 5.41) is 3.00. The predicted octanol–water partition coefficient (Wildman–Crippen LogP) is 2.56. The van der Waals surface area contributed by atoms with Crippen LogP contribution in [-0.4, -0.2) is 42.4 Å². The van der Waals surface area contributed by atoms with Gasteiger partial charge in [0.2, 0.25) is 5.91 Å². The summed E-state index contributed by atoms with van der Waals surface area (Å²) in [7, 11) is 0. The molecular weight excluding hydrogens is 250 g/mol. The summed E-state index contributed by atoms with van der Waals surface area (Å²) < 4.78 is 26.3. The predicted molar refractivity (Wildman–Crippen MR) is 70.3 cm³/mol. The lowest BCUT2D eigenvalue weighted by atomic mass is 9.93. The van der Waals surface area contributed by atoms with Crippen LogP contribution in [0.2, 0.25) is 0 Å². The van der Waals surface area contributed by atoms with Crippen LogP contribution in [0, 0.1) is 0 Å². The minimum absolute atomic E-state index is 0.0211. The number of nitrogens with zero attached hydrogens (tertiary/aromatic N) is 1. The molecule has 0 atom stereocenters. The van der Waals surface area contributed by atoms with Crippen molar-refractivity contribution in [1.29, 1.82) is 0 Å². The van der Waals surface area contributed by atoms with Crippen LogP contribution in [-0.2, 0) is 4.79 Å². The second kappa shape index (κ2) is 6.64. The summed E-state index contributed by atoms with van der Waals surface area (Å²) in [5.74, 6) is -2.39. The lowest BCUT2D eigenvalue weighted by Gasteiger charge is -2.32. The molecule has 5 heteroatoms. The van der Waals surface area contributed by atoms with E-state index in [1.807, 2.05) is 4.90 Å². The Labute approximate surface area is 113 Å². The van der Waals surface area contributed by atoms with Gasteiger partial charge in [-0.15, -0.1) is 0 Å². The number of piperidine rings is 1. The molecule has 1 aliphatic heterocycles. The first-order valence-corrected chi connectivity index (χ1v) is 7.45. The van der Waals surface area contributed by atoms with Gasteiger partial charge in [0.15, 0.2) is 0 Å².